The number of amides is 1. The highest BCUT2D eigenvalue weighted by Crippen LogP contribution is 2.14. The molecular formula is C20H21NO6. The van der Waals surface area contributed by atoms with Gasteiger partial charge in [0, 0.05) is 11.1 Å². The predicted octanol–water partition coefficient (Wildman–Crippen LogP) is 2.25. The fourth-order valence-corrected chi connectivity index (χ4v) is 2.28. The Morgan fingerprint density at radius 1 is 0.852 bits per heavy atom. The molecule has 0 spiro atoms. The Morgan fingerprint density at radius 2 is 1.33 bits per heavy atom. The van der Waals surface area contributed by atoms with Crippen molar-refractivity contribution in [3.05, 3.63) is 59.7 Å². The van der Waals surface area contributed by atoms with E-state index < -0.39 is 18.0 Å². The first-order valence-electron chi connectivity index (χ1n) is 8.24. The van der Waals surface area contributed by atoms with Crippen LogP contribution in [-0.4, -0.2) is 44.5 Å². The summed E-state index contributed by atoms with van der Waals surface area (Å²) in [4.78, 5) is 36.2. The van der Waals surface area contributed by atoms with Crippen molar-refractivity contribution in [3.8, 4) is 11.5 Å². The molecule has 0 aromatic heterocycles. The Balaban J connectivity index is 1.84. The van der Waals surface area contributed by atoms with Gasteiger partial charge >= 0.3 is 5.97 Å². The second-order valence-corrected chi connectivity index (χ2v) is 5.64. The van der Waals surface area contributed by atoms with Crippen LogP contribution >= 0.6 is 0 Å². The molecule has 0 bridgehead atoms. The summed E-state index contributed by atoms with van der Waals surface area (Å²) in [6, 6.07) is 12.9. The molecule has 2 aromatic rings. The van der Waals surface area contributed by atoms with Gasteiger partial charge in [-0.2, -0.15) is 0 Å². The van der Waals surface area contributed by atoms with E-state index in [9.17, 15) is 14.4 Å². The largest absolute Gasteiger partial charge is 0.497 e. The van der Waals surface area contributed by atoms with Crippen LogP contribution < -0.4 is 14.8 Å². The number of hydrogen-bond donors (Lipinski definition) is 1. The number of ether oxygens (including phenoxy) is 3. The van der Waals surface area contributed by atoms with E-state index in [-0.39, 0.29) is 12.3 Å². The van der Waals surface area contributed by atoms with Crippen molar-refractivity contribution < 1.29 is 28.6 Å². The maximum atomic E-state index is 12.3. The van der Waals surface area contributed by atoms with Gasteiger partial charge in [0.2, 0.25) is 5.78 Å². The number of hydrogen-bond acceptors (Lipinski definition) is 6. The van der Waals surface area contributed by atoms with Crippen LogP contribution in [0.4, 0.5) is 0 Å². The first-order valence-corrected chi connectivity index (χ1v) is 8.24. The van der Waals surface area contributed by atoms with Crippen LogP contribution in [0.2, 0.25) is 0 Å². The molecule has 2 rings (SSSR count). The molecule has 0 radical (unpaired) electrons. The monoisotopic (exact) mass is 371 g/mol. The van der Waals surface area contributed by atoms with Crippen LogP contribution in [-0.2, 0) is 9.53 Å². The lowest BCUT2D eigenvalue weighted by Crippen LogP contribution is -2.34. The Bertz CT molecular complexity index is 798. The van der Waals surface area contributed by atoms with Crippen molar-refractivity contribution in [2.45, 2.75) is 13.0 Å². The minimum absolute atomic E-state index is 0.340. The lowest BCUT2D eigenvalue weighted by Gasteiger charge is -2.13. The Hall–Kier alpha value is -3.35. The Kier molecular flexibility index (Phi) is 6.93. The third kappa shape index (κ3) is 5.57. The number of esters is 1. The fourth-order valence-electron chi connectivity index (χ4n) is 2.28. The number of nitrogens with one attached hydrogen (secondary N) is 1. The molecule has 1 unspecified atom stereocenters. The highest BCUT2D eigenvalue weighted by atomic mass is 16.5. The summed E-state index contributed by atoms with van der Waals surface area (Å²) >= 11 is 0. The molecule has 1 atom stereocenters. The third-order valence-electron chi connectivity index (χ3n) is 3.80. The number of ketones is 1. The molecule has 142 valence electrons. The number of Topliss-reactive ketones (excluding diaryl/α,β-unsaturated/α-hetero) is 1. The summed E-state index contributed by atoms with van der Waals surface area (Å²) in [5, 5.41) is 2.45. The van der Waals surface area contributed by atoms with Crippen molar-refractivity contribution in [3.63, 3.8) is 0 Å². The van der Waals surface area contributed by atoms with Crippen molar-refractivity contribution in [2.24, 2.45) is 0 Å². The van der Waals surface area contributed by atoms with E-state index in [1.54, 1.807) is 48.5 Å². The average Bonchev–Trinajstić information content (AvgIpc) is 2.71. The first-order chi connectivity index (χ1) is 12.9. The third-order valence-corrected chi connectivity index (χ3v) is 3.80. The molecule has 1 amide bonds. The molecular weight excluding hydrogens is 350 g/mol. The smallest absolute Gasteiger partial charge is 0.326 e. The number of rotatable bonds is 8. The summed E-state index contributed by atoms with van der Waals surface area (Å²) in [6.45, 7) is 1.14. The van der Waals surface area contributed by atoms with Gasteiger partial charge in [0.25, 0.3) is 5.91 Å². The molecule has 0 aliphatic carbocycles. The van der Waals surface area contributed by atoms with Gasteiger partial charge in [0.1, 0.15) is 18.0 Å². The fraction of sp³-hybridized carbons (Fsp3) is 0.250. The van der Waals surface area contributed by atoms with Gasteiger partial charge < -0.3 is 19.5 Å². The van der Waals surface area contributed by atoms with Crippen LogP contribution in [0.1, 0.15) is 27.6 Å². The highest BCUT2D eigenvalue weighted by molar-refractivity contribution is 6.00. The molecule has 0 saturated carbocycles. The topological polar surface area (TPSA) is 90.9 Å². The van der Waals surface area contributed by atoms with Crippen LogP contribution in [0.3, 0.4) is 0 Å². The van der Waals surface area contributed by atoms with Gasteiger partial charge in [-0.15, -0.1) is 0 Å². The van der Waals surface area contributed by atoms with E-state index in [2.05, 4.69) is 5.32 Å². The molecule has 2 aromatic carbocycles. The average molecular weight is 371 g/mol. The molecule has 0 aliphatic heterocycles. The Morgan fingerprint density at radius 3 is 1.81 bits per heavy atom. The van der Waals surface area contributed by atoms with E-state index in [0.29, 0.717) is 22.6 Å². The Labute approximate surface area is 157 Å². The zero-order valence-electron chi connectivity index (χ0n) is 15.4. The SMILES string of the molecule is COc1ccc(C(=O)NCC(=O)OC(C)C(=O)c2ccc(OC)cc2)cc1. The van der Waals surface area contributed by atoms with Gasteiger partial charge in [-0.25, -0.2) is 0 Å². The number of carbonyl (C=O) groups excluding carboxylic acids is 3. The van der Waals surface area contributed by atoms with Gasteiger partial charge in [-0.3, -0.25) is 14.4 Å². The van der Waals surface area contributed by atoms with Crippen LogP contribution in [0.25, 0.3) is 0 Å². The van der Waals surface area contributed by atoms with Crippen molar-refractivity contribution in [1.82, 2.24) is 5.32 Å². The van der Waals surface area contributed by atoms with Gasteiger partial charge in [-0.1, -0.05) is 0 Å². The zero-order chi connectivity index (χ0) is 19.8. The highest BCUT2D eigenvalue weighted by Gasteiger charge is 2.20. The van der Waals surface area contributed by atoms with Crippen molar-refractivity contribution in [1.29, 1.82) is 0 Å². The number of carbonyl (C=O) groups is 3. The second kappa shape index (κ2) is 9.38. The molecule has 0 heterocycles. The molecule has 27 heavy (non-hydrogen) atoms. The summed E-state index contributed by atoms with van der Waals surface area (Å²) in [5.41, 5.74) is 0.782. The van der Waals surface area contributed by atoms with Crippen molar-refractivity contribution >= 4 is 17.7 Å². The molecule has 0 aliphatic rings. The number of benzene rings is 2. The standard InChI is InChI=1S/C20H21NO6/c1-13(19(23)14-4-8-16(25-2)9-5-14)27-18(22)12-21-20(24)15-6-10-17(26-3)11-7-15/h4-11,13H,12H2,1-3H3,(H,21,24). The van der Waals surface area contributed by atoms with Crippen LogP contribution in [0.15, 0.2) is 48.5 Å². The maximum Gasteiger partial charge on any atom is 0.326 e. The van der Waals surface area contributed by atoms with E-state index in [0.717, 1.165) is 0 Å². The lowest BCUT2D eigenvalue weighted by atomic mass is 10.1. The summed E-state index contributed by atoms with van der Waals surface area (Å²) in [7, 11) is 3.06. The van der Waals surface area contributed by atoms with Crippen molar-refractivity contribution in [2.75, 3.05) is 20.8 Å². The van der Waals surface area contributed by atoms with Gasteiger partial charge in [-0.05, 0) is 55.5 Å². The summed E-state index contributed by atoms with van der Waals surface area (Å²) < 4.78 is 15.1. The zero-order valence-corrected chi connectivity index (χ0v) is 15.4. The second-order valence-electron chi connectivity index (χ2n) is 5.64. The van der Waals surface area contributed by atoms with Gasteiger partial charge in [0.15, 0.2) is 6.10 Å². The molecule has 7 nitrogen and oxygen atoms in total. The lowest BCUT2D eigenvalue weighted by molar-refractivity contribution is -0.145. The molecule has 0 fully saturated rings. The van der Waals surface area contributed by atoms with E-state index in [4.69, 9.17) is 14.2 Å². The maximum absolute atomic E-state index is 12.3. The van der Waals surface area contributed by atoms with E-state index >= 15 is 0 Å². The van der Waals surface area contributed by atoms with E-state index in [1.165, 1.54) is 21.1 Å². The molecule has 7 heteroatoms. The van der Waals surface area contributed by atoms with E-state index in [1.807, 2.05) is 0 Å². The van der Waals surface area contributed by atoms with Gasteiger partial charge in [0.05, 0.1) is 14.2 Å². The number of methoxy groups -OCH3 is 2. The normalized spacial score (nSPS) is 11.2. The summed E-state index contributed by atoms with van der Waals surface area (Å²) in [6.07, 6.45) is -0.969. The van der Waals surface area contributed by atoms with Crippen LogP contribution in [0, 0.1) is 0 Å². The molecule has 0 saturated heterocycles. The predicted molar refractivity (Wildman–Crippen MR) is 98.2 cm³/mol. The summed E-state index contributed by atoms with van der Waals surface area (Å²) in [5.74, 6) is -0.225. The minimum Gasteiger partial charge on any atom is -0.497 e. The van der Waals surface area contributed by atoms with Crippen LogP contribution in [0.5, 0.6) is 11.5 Å². The quantitative estimate of drug-likeness (QED) is 0.565. The minimum atomic E-state index is -0.969. The first kappa shape index (κ1) is 20.0. The molecule has 1 N–H and O–H groups in total.